The van der Waals surface area contributed by atoms with E-state index in [4.69, 9.17) is 19.9 Å². The summed E-state index contributed by atoms with van der Waals surface area (Å²) in [5, 5.41) is 0. The number of carbonyl (C=O) groups is 1. The van der Waals surface area contributed by atoms with Gasteiger partial charge in [-0.25, -0.2) is 0 Å². The van der Waals surface area contributed by atoms with Crippen LogP contribution in [0.5, 0.6) is 17.2 Å². The molecule has 0 radical (unpaired) electrons. The summed E-state index contributed by atoms with van der Waals surface area (Å²) < 4.78 is 16.7. The zero-order valence-corrected chi connectivity index (χ0v) is 14.9. The highest BCUT2D eigenvalue weighted by Gasteiger charge is 2.33. The van der Waals surface area contributed by atoms with Crippen molar-refractivity contribution in [3.63, 3.8) is 0 Å². The largest absolute Gasteiger partial charge is 0.494 e. The number of rotatable bonds is 8. The molecular formula is C20H24N2O4. The molecule has 1 saturated heterocycles. The molecule has 0 aliphatic carbocycles. The third-order valence-electron chi connectivity index (χ3n) is 4.22. The molecule has 0 unspecified atom stereocenters. The summed E-state index contributed by atoms with van der Waals surface area (Å²) in [4.78, 5) is 14.3. The van der Waals surface area contributed by atoms with Gasteiger partial charge in [0.15, 0.2) is 11.5 Å². The summed E-state index contributed by atoms with van der Waals surface area (Å²) in [6, 6.07) is 14.7. The van der Waals surface area contributed by atoms with E-state index in [2.05, 4.69) is 0 Å². The molecule has 1 aliphatic rings. The zero-order chi connectivity index (χ0) is 18.4. The van der Waals surface area contributed by atoms with Crippen LogP contribution in [0.25, 0.3) is 0 Å². The van der Waals surface area contributed by atoms with Gasteiger partial charge in [0.2, 0.25) is 0 Å². The Kier molecular flexibility index (Phi) is 5.96. The molecule has 6 nitrogen and oxygen atoms in total. The molecule has 1 aliphatic heterocycles. The van der Waals surface area contributed by atoms with Crippen LogP contribution in [0.4, 0.5) is 0 Å². The van der Waals surface area contributed by atoms with Crippen molar-refractivity contribution in [2.75, 3.05) is 33.4 Å². The molecule has 0 atom stereocenters. The Morgan fingerprint density at radius 3 is 2.46 bits per heavy atom. The van der Waals surface area contributed by atoms with Crippen LogP contribution in [0.2, 0.25) is 0 Å². The lowest BCUT2D eigenvalue weighted by Crippen LogP contribution is -2.56. The fourth-order valence-electron chi connectivity index (χ4n) is 2.72. The number of para-hydroxylation sites is 2. The van der Waals surface area contributed by atoms with E-state index >= 15 is 0 Å². The van der Waals surface area contributed by atoms with Gasteiger partial charge in [0.1, 0.15) is 11.9 Å². The normalized spacial score (nSPS) is 13.8. The lowest BCUT2D eigenvalue weighted by atomic mass is 10.1. The van der Waals surface area contributed by atoms with Crippen LogP contribution in [-0.2, 0) is 0 Å². The van der Waals surface area contributed by atoms with Crippen molar-refractivity contribution in [1.82, 2.24) is 4.90 Å². The molecular weight excluding hydrogens is 332 g/mol. The summed E-state index contributed by atoms with van der Waals surface area (Å²) in [5.74, 6) is 2.14. The number of ether oxygens (including phenoxy) is 3. The topological polar surface area (TPSA) is 74.0 Å². The van der Waals surface area contributed by atoms with E-state index < -0.39 is 0 Å². The molecule has 3 rings (SSSR count). The van der Waals surface area contributed by atoms with E-state index in [1.165, 1.54) is 0 Å². The smallest absolute Gasteiger partial charge is 0.254 e. The summed E-state index contributed by atoms with van der Waals surface area (Å²) in [6.07, 6.45) is 0.788. The van der Waals surface area contributed by atoms with Gasteiger partial charge in [-0.05, 0) is 49.4 Å². The van der Waals surface area contributed by atoms with Crippen molar-refractivity contribution >= 4 is 5.91 Å². The average Bonchev–Trinajstić information content (AvgIpc) is 2.65. The van der Waals surface area contributed by atoms with Crippen LogP contribution in [0.15, 0.2) is 48.5 Å². The summed E-state index contributed by atoms with van der Waals surface area (Å²) >= 11 is 0. The fraction of sp³-hybridized carbons (Fsp3) is 0.350. The van der Waals surface area contributed by atoms with Crippen molar-refractivity contribution in [3.05, 3.63) is 54.1 Å². The van der Waals surface area contributed by atoms with Crippen LogP contribution in [-0.4, -0.2) is 50.3 Å². The van der Waals surface area contributed by atoms with Crippen LogP contribution in [0.1, 0.15) is 16.8 Å². The summed E-state index contributed by atoms with van der Waals surface area (Å²) in [6.45, 7) is 2.30. The van der Waals surface area contributed by atoms with E-state index in [-0.39, 0.29) is 12.0 Å². The summed E-state index contributed by atoms with van der Waals surface area (Å²) in [5.41, 5.74) is 6.09. The number of amides is 1. The second-order valence-corrected chi connectivity index (χ2v) is 6.12. The molecule has 0 bridgehead atoms. The van der Waals surface area contributed by atoms with E-state index in [9.17, 15) is 4.79 Å². The van der Waals surface area contributed by atoms with E-state index in [1.807, 2.05) is 36.4 Å². The molecule has 0 aromatic heterocycles. The lowest BCUT2D eigenvalue weighted by molar-refractivity contribution is 0.0169. The van der Waals surface area contributed by atoms with Crippen LogP contribution in [0, 0.1) is 0 Å². The second-order valence-electron chi connectivity index (χ2n) is 6.12. The van der Waals surface area contributed by atoms with E-state index in [0.29, 0.717) is 43.3 Å². The number of methoxy groups -OCH3 is 1. The van der Waals surface area contributed by atoms with Crippen molar-refractivity contribution < 1.29 is 19.0 Å². The van der Waals surface area contributed by atoms with E-state index in [1.54, 1.807) is 24.1 Å². The molecule has 1 fully saturated rings. The van der Waals surface area contributed by atoms with Crippen molar-refractivity contribution in [2.45, 2.75) is 12.5 Å². The number of likely N-dealkylation sites (tertiary alicyclic amines) is 1. The highest BCUT2D eigenvalue weighted by molar-refractivity contribution is 5.94. The first-order valence-corrected chi connectivity index (χ1v) is 8.73. The van der Waals surface area contributed by atoms with E-state index in [0.717, 1.165) is 12.2 Å². The maximum Gasteiger partial charge on any atom is 0.254 e. The lowest BCUT2D eigenvalue weighted by Gasteiger charge is -2.39. The molecule has 2 aromatic rings. The zero-order valence-electron chi connectivity index (χ0n) is 14.9. The highest BCUT2D eigenvalue weighted by atomic mass is 16.5. The van der Waals surface area contributed by atoms with Gasteiger partial charge in [-0.2, -0.15) is 0 Å². The third-order valence-corrected chi connectivity index (χ3v) is 4.22. The predicted octanol–water partition coefficient (Wildman–Crippen LogP) is 2.33. The third kappa shape index (κ3) is 4.26. The molecule has 1 amide bonds. The Hall–Kier alpha value is -2.73. The molecule has 1 heterocycles. The van der Waals surface area contributed by atoms with Gasteiger partial charge in [0.25, 0.3) is 5.91 Å². The summed E-state index contributed by atoms with van der Waals surface area (Å²) in [7, 11) is 1.61. The van der Waals surface area contributed by atoms with Gasteiger partial charge in [-0.1, -0.05) is 12.1 Å². The minimum Gasteiger partial charge on any atom is -0.494 e. The molecule has 2 N–H and O–H groups in total. The Balaban J connectivity index is 1.50. The van der Waals surface area contributed by atoms with Crippen molar-refractivity contribution in [3.8, 4) is 17.2 Å². The molecule has 6 heteroatoms. The first-order chi connectivity index (χ1) is 12.7. The maximum absolute atomic E-state index is 12.5. The Morgan fingerprint density at radius 1 is 1.12 bits per heavy atom. The molecule has 138 valence electrons. The van der Waals surface area contributed by atoms with Crippen LogP contribution < -0.4 is 19.9 Å². The quantitative estimate of drug-likeness (QED) is 0.735. The Morgan fingerprint density at radius 2 is 1.81 bits per heavy atom. The molecule has 0 spiro atoms. The number of hydrogen-bond acceptors (Lipinski definition) is 5. The molecule has 0 saturated carbocycles. The highest BCUT2D eigenvalue weighted by Crippen LogP contribution is 2.29. The first kappa shape index (κ1) is 18.1. The predicted molar refractivity (Wildman–Crippen MR) is 98.9 cm³/mol. The van der Waals surface area contributed by atoms with Crippen LogP contribution in [0.3, 0.4) is 0 Å². The van der Waals surface area contributed by atoms with Crippen molar-refractivity contribution in [2.24, 2.45) is 5.73 Å². The molecule has 2 aromatic carbocycles. The van der Waals surface area contributed by atoms with Crippen LogP contribution >= 0.6 is 0 Å². The Bertz CT molecular complexity index is 727. The van der Waals surface area contributed by atoms with Gasteiger partial charge < -0.3 is 24.8 Å². The fourth-order valence-corrected chi connectivity index (χ4v) is 2.72. The van der Waals surface area contributed by atoms with Crippen molar-refractivity contribution in [1.29, 1.82) is 0 Å². The number of carbonyl (C=O) groups excluding carboxylic acids is 1. The Labute approximate surface area is 153 Å². The number of nitrogens with two attached hydrogens (primary N) is 1. The van der Waals surface area contributed by atoms with Gasteiger partial charge in [0, 0.05) is 5.56 Å². The maximum atomic E-state index is 12.5. The first-order valence-electron chi connectivity index (χ1n) is 8.73. The number of hydrogen-bond donors (Lipinski definition) is 1. The number of nitrogens with zero attached hydrogens (tertiary/aromatic N) is 1. The SMILES string of the molecule is COc1ccccc1OC1CN(C(=O)c2ccc(OCCCN)cc2)C1. The minimum atomic E-state index is -0.0193. The minimum absolute atomic E-state index is 0.00150. The van der Waals surface area contributed by atoms with Gasteiger partial charge in [0.05, 0.1) is 26.8 Å². The van der Waals surface area contributed by atoms with Gasteiger partial charge in [-0.3, -0.25) is 4.79 Å². The second kappa shape index (κ2) is 8.58. The standard InChI is InChI=1S/C20H24N2O4/c1-24-18-5-2-3-6-19(18)26-17-13-22(14-17)20(23)15-7-9-16(10-8-15)25-12-4-11-21/h2-3,5-10,17H,4,11-14,21H2,1H3. The molecule has 26 heavy (non-hydrogen) atoms. The average molecular weight is 356 g/mol. The van der Waals surface area contributed by atoms with Gasteiger partial charge >= 0.3 is 0 Å². The number of benzene rings is 2. The van der Waals surface area contributed by atoms with Gasteiger partial charge in [-0.15, -0.1) is 0 Å². The monoisotopic (exact) mass is 356 g/mol.